The summed E-state index contributed by atoms with van der Waals surface area (Å²) in [5.41, 5.74) is 1.08. The number of rotatable bonds is 3. The van der Waals surface area contributed by atoms with Gasteiger partial charge < -0.3 is 15.0 Å². The Morgan fingerprint density at radius 3 is 2.94 bits per heavy atom. The molecular formula is C14H19N3O. The molecule has 4 nitrogen and oxygen atoms in total. The molecule has 2 atom stereocenters. The monoisotopic (exact) mass is 245 g/mol. The van der Waals surface area contributed by atoms with Gasteiger partial charge in [-0.25, -0.2) is 0 Å². The van der Waals surface area contributed by atoms with Crippen LogP contribution in [0.25, 0.3) is 0 Å². The van der Waals surface area contributed by atoms with Crippen LogP contribution >= 0.6 is 0 Å². The molecule has 0 amide bonds. The van der Waals surface area contributed by atoms with Gasteiger partial charge in [-0.05, 0) is 19.1 Å². The molecule has 2 rings (SSSR count). The molecular weight excluding hydrogens is 226 g/mol. The summed E-state index contributed by atoms with van der Waals surface area (Å²) < 4.78 is 5.43. The molecule has 1 fully saturated rings. The SMILES string of the molecule is COc1ccccc1N1C(C)CNCC1CC#N. The molecule has 1 aliphatic heterocycles. The Hall–Kier alpha value is -1.73. The largest absolute Gasteiger partial charge is 0.495 e. The van der Waals surface area contributed by atoms with E-state index in [9.17, 15) is 0 Å². The van der Waals surface area contributed by atoms with Crippen molar-refractivity contribution in [1.82, 2.24) is 5.32 Å². The molecule has 2 unspecified atom stereocenters. The topological polar surface area (TPSA) is 48.3 Å². The van der Waals surface area contributed by atoms with E-state index in [1.54, 1.807) is 7.11 Å². The maximum absolute atomic E-state index is 8.96. The highest BCUT2D eigenvalue weighted by atomic mass is 16.5. The Labute approximate surface area is 108 Å². The lowest BCUT2D eigenvalue weighted by Gasteiger charge is -2.42. The first-order valence-electron chi connectivity index (χ1n) is 6.27. The Balaban J connectivity index is 2.34. The van der Waals surface area contributed by atoms with Gasteiger partial charge in [-0.3, -0.25) is 0 Å². The van der Waals surface area contributed by atoms with Gasteiger partial charge in [-0.15, -0.1) is 0 Å². The number of hydrogen-bond donors (Lipinski definition) is 1. The van der Waals surface area contributed by atoms with Gasteiger partial charge in [-0.1, -0.05) is 12.1 Å². The van der Waals surface area contributed by atoms with Crippen molar-refractivity contribution in [2.24, 2.45) is 0 Å². The highest BCUT2D eigenvalue weighted by Gasteiger charge is 2.29. The maximum atomic E-state index is 8.96. The molecule has 1 N–H and O–H groups in total. The van der Waals surface area contributed by atoms with Gasteiger partial charge in [0.05, 0.1) is 31.3 Å². The summed E-state index contributed by atoms with van der Waals surface area (Å²) in [5.74, 6) is 0.870. The Morgan fingerprint density at radius 2 is 2.22 bits per heavy atom. The van der Waals surface area contributed by atoms with Crippen molar-refractivity contribution in [3.8, 4) is 11.8 Å². The van der Waals surface area contributed by atoms with Crippen molar-refractivity contribution in [2.75, 3.05) is 25.1 Å². The lowest BCUT2D eigenvalue weighted by atomic mass is 10.0. The van der Waals surface area contributed by atoms with E-state index in [0.717, 1.165) is 24.5 Å². The predicted octanol–water partition coefficient (Wildman–Crippen LogP) is 1.78. The van der Waals surface area contributed by atoms with Gasteiger partial charge in [0.1, 0.15) is 5.75 Å². The zero-order valence-electron chi connectivity index (χ0n) is 10.9. The van der Waals surface area contributed by atoms with Crippen LogP contribution in [0, 0.1) is 11.3 Å². The Morgan fingerprint density at radius 1 is 1.44 bits per heavy atom. The number of nitriles is 1. The minimum Gasteiger partial charge on any atom is -0.495 e. The third-order valence-electron chi connectivity index (χ3n) is 3.38. The number of piperazine rings is 1. The summed E-state index contributed by atoms with van der Waals surface area (Å²) in [5, 5.41) is 12.3. The van der Waals surface area contributed by atoms with Gasteiger partial charge in [0.2, 0.25) is 0 Å². The number of para-hydroxylation sites is 2. The number of ether oxygens (including phenoxy) is 1. The standard InChI is InChI=1S/C14H19N3O/c1-11-9-16-10-12(7-8-15)17(11)13-5-3-4-6-14(13)18-2/h3-6,11-12,16H,7,9-10H2,1-2H3. The van der Waals surface area contributed by atoms with Crippen LogP contribution < -0.4 is 15.0 Å². The van der Waals surface area contributed by atoms with Gasteiger partial charge in [0.25, 0.3) is 0 Å². The normalized spacial score (nSPS) is 23.5. The third kappa shape index (κ3) is 2.41. The fourth-order valence-electron chi connectivity index (χ4n) is 2.57. The molecule has 18 heavy (non-hydrogen) atoms. The summed E-state index contributed by atoms with van der Waals surface area (Å²) in [6, 6.07) is 10.8. The summed E-state index contributed by atoms with van der Waals surface area (Å²) >= 11 is 0. The Kier molecular flexibility index (Phi) is 4.06. The molecule has 1 heterocycles. The number of benzene rings is 1. The van der Waals surface area contributed by atoms with Gasteiger partial charge in [-0.2, -0.15) is 5.26 Å². The average molecular weight is 245 g/mol. The second-order valence-corrected chi connectivity index (χ2v) is 4.60. The number of nitrogens with zero attached hydrogens (tertiary/aromatic N) is 2. The zero-order chi connectivity index (χ0) is 13.0. The van der Waals surface area contributed by atoms with Crippen LogP contribution in [-0.4, -0.2) is 32.3 Å². The van der Waals surface area contributed by atoms with Gasteiger partial charge in [0.15, 0.2) is 0 Å². The van der Waals surface area contributed by atoms with Gasteiger partial charge in [0, 0.05) is 19.1 Å². The molecule has 0 aromatic heterocycles. The first-order chi connectivity index (χ1) is 8.77. The Bertz CT molecular complexity index is 441. The van der Waals surface area contributed by atoms with E-state index in [2.05, 4.69) is 29.3 Å². The maximum Gasteiger partial charge on any atom is 0.142 e. The molecule has 1 aromatic carbocycles. The van der Waals surface area contributed by atoms with Crippen molar-refractivity contribution < 1.29 is 4.74 Å². The van der Waals surface area contributed by atoms with Crippen LogP contribution in [0.5, 0.6) is 5.75 Å². The quantitative estimate of drug-likeness (QED) is 0.881. The second kappa shape index (κ2) is 5.74. The molecule has 1 aromatic rings. The number of anilines is 1. The molecule has 0 aliphatic carbocycles. The molecule has 1 aliphatic rings. The number of methoxy groups -OCH3 is 1. The summed E-state index contributed by atoms with van der Waals surface area (Å²) in [4.78, 5) is 2.30. The van der Waals surface area contributed by atoms with Crippen LogP contribution in [0.2, 0.25) is 0 Å². The molecule has 96 valence electrons. The van der Waals surface area contributed by atoms with E-state index >= 15 is 0 Å². The highest BCUT2D eigenvalue weighted by molar-refractivity contribution is 5.60. The molecule has 1 saturated heterocycles. The van der Waals surface area contributed by atoms with Gasteiger partial charge >= 0.3 is 0 Å². The fraction of sp³-hybridized carbons (Fsp3) is 0.500. The van der Waals surface area contributed by atoms with Crippen LogP contribution in [0.4, 0.5) is 5.69 Å². The first-order valence-corrected chi connectivity index (χ1v) is 6.27. The van der Waals surface area contributed by atoms with Crippen molar-refractivity contribution in [3.05, 3.63) is 24.3 Å². The zero-order valence-corrected chi connectivity index (χ0v) is 10.9. The summed E-state index contributed by atoms with van der Waals surface area (Å²) in [6.45, 7) is 3.94. The molecule has 0 saturated carbocycles. The van der Waals surface area contributed by atoms with Crippen LogP contribution in [0.1, 0.15) is 13.3 Å². The van der Waals surface area contributed by atoms with E-state index in [0.29, 0.717) is 12.5 Å². The van der Waals surface area contributed by atoms with E-state index in [4.69, 9.17) is 10.00 Å². The minimum atomic E-state index is 0.204. The van der Waals surface area contributed by atoms with Crippen molar-refractivity contribution in [2.45, 2.75) is 25.4 Å². The third-order valence-corrected chi connectivity index (χ3v) is 3.38. The number of hydrogen-bond acceptors (Lipinski definition) is 4. The molecule has 0 spiro atoms. The lowest BCUT2D eigenvalue weighted by Crippen LogP contribution is -2.56. The molecule has 4 heteroatoms. The summed E-state index contributed by atoms with van der Waals surface area (Å²) in [7, 11) is 1.69. The summed E-state index contributed by atoms with van der Waals surface area (Å²) in [6.07, 6.45) is 0.523. The first kappa shape index (κ1) is 12.7. The predicted molar refractivity (Wildman–Crippen MR) is 71.8 cm³/mol. The van der Waals surface area contributed by atoms with E-state index in [1.807, 2.05) is 18.2 Å². The highest BCUT2D eigenvalue weighted by Crippen LogP contribution is 2.32. The van der Waals surface area contributed by atoms with Crippen LogP contribution in [0.15, 0.2) is 24.3 Å². The average Bonchev–Trinajstić information content (AvgIpc) is 2.39. The van der Waals surface area contributed by atoms with E-state index in [-0.39, 0.29) is 6.04 Å². The van der Waals surface area contributed by atoms with E-state index < -0.39 is 0 Å². The van der Waals surface area contributed by atoms with Crippen LogP contribution in [0.3, 0.4) is 0 Å². The lowest BCUT2D eigenvalue weighted by molar-refractivity contribution is 0.390. The molecule has 0 bridgehead atoms. The second-order valence-electron chi connectivity index (χ2n) is 4.60. The van der Waals surface area contributed by atoms with E-state index in [1.165, 1.54) is 0 Å². The van der Waals surface area contributed by atoms with Crippen molar-refractivity contribution >= 4 is 5.69 Å². The minimum absolute atomic E-state index is 0.204. The smallest absolute Gasteiger partial charge is 0.142 e. The van der Waals surface area contributed by atoms with Crippen LogP contribution in [-0.2, 0) is 0 Å². The fourth-order valence-corrected chi connectivity index (χ4v) is 2.57. The van der Waals surface area contributed by atoms with Crippen molar-refractivity contribution in [3.63, 3.8) is 0 Å². The van der Waals surface area contributed by atoms with Crippen molar-refractivity contribution in [1.29, 1.82) is 5.26 Å². The molecule has 0 radical (unpaired) electrons. The number of nitrogens with one attached hydrogen (secondary N) is 1.